The number of aryl methyl sites for hydroxylation is 1. The van der Waals surface area contributed by atoms with Crippen LogP contribution in [0.4, 0.5) is 24.5 Å². The Labute approximate surface area is 280 Å². The Bertz CT molecular complexity index is 2130. The summed E-state index contributed by atoms with van der Waals surface area (Å²) in [5, 5.41) is 19.2. The lowest BCUT2D eigenvalue weighted by molar-refractivity contribution is -0.137. The molecule has 5 aromatic rings. The van der Waals surface area contributed by atoms with Crippen molar-refractivity contribution in [3.63, 3.8) is 0 Å². The smallest absolute Gasteiger partial charge is 0.416 e. The summed E-state index contributed by atoms with van der Waals surface area (Å²) in [6.07, 6.45) is 1.42. The number of anilines is 2. The van der Waals surface area contributed by atoms with Gasteiger partial charge < -0.3 is 24.8 Å². The monoisotopic (exact) mass is 696 g/mol. The van der Waals surface area contributed by atoms with E-state index in [1.165, 1.54) is 23.6 Å². The Morgan fingerprint density at radius 3 is 2.51 bits per heavy atom. The number of alkyl halides is 3. The number of hydrogen-bond donors (Lipinski definition) is 3. The van der Waals surface area contributed by atoms with Crippen LogP contribution in [0.1, 0.15) is 34.4 Å². The minimum absolute atomic E-state index is 0.0221. The van der Waals surface area contributed by atoms with E-state index in [9.17, 15) is 32.7 Å². The maximum Gasteiger partial charge on any atom is 0.416 e. The predicted octanol–water partition coefficient (Wildman–Crippen LogP) is 3.82. The highest BCUT2D eigenvalue weighted by Gasteiger charge is 2.32. The third-order valence-corrected chi connectivity index (χ3v) is 8.44. The molecule has 1 saturated heterocycles. The van der Waals surface area contributed by atoms with Crippen LogP contribution >= 0.6 is 11.6 Å². The zero-order valence-corrected chi connectivity index (χ0v) is 26.8. The number of fused-ring (bicyclic) bond motifs is 1. The Balaban J connectivity index is 1.36. The van der Waals surface area contributed by atoms with Crippen LogP contribution in [0, 0.1) is 6.92 Å². The number of halogens is 4. The molecule has 5 heterocycles. The Morgan fingerprint density at radius 1 is 1.10 bits per heavy atom. The Hall–Kier alpha value is -5.58. The first-order valence-electron chi connectivity index (χ1n) is 15.0. The van der Waals surface area contributed by atoms with E-state index >= 15 is 0 Å². The van der Waals surface area contributed by atoms with Gasteiger partial charge in [-0.05, 0) is 31.5 Å². The van der Waals surface area contributed by atoms with Gasteiger partial charge in [0, 0.05) is 43.6 Å². The topological polar surface area (TPSA) is 175 Å². The van der Waals surface area contributed by atoms with Gasteiger partial charge in [-0.3, -0.25) is 19.5 Å². The summed E-state index contributed by atoms with van der Waals surface area (Å²) in [5.74, 6) is -1.42. The normalized spacial score (nSPS) is 13.6. The van der Waals surface area contributed by atoms with Crippen LogP contribution in [0.15, 0.2) is 47.9 Å². The molecule has 4 aromatic heterocycles. The minimum Gasteiger partial charge on any atom is -0.504 e. The van der Waals surface area contributed by atoms with Crippen molar-refractivity contribution in [3.8, 4) is 17.0 Å². The van der Waals surface area contributed by atoms with E-state index in [1.54, 1.807) is 24.6 Å². The molecule has 0 aliphatic carbocycles. The highest BCUT2D eigenvalue weighted by atomic mass is 35.5. The second-order valence-electron chi connectivity index (χ2n) is 11.2. The molecule has 6 rings (SSSR count). The minimum atomic E-state index is -4.61. The number of nitrogens with one attached hydrogen (secondary N) is 2. The maximum atomic E-state index is 14.2. The van der Waals surface area contributed by atoms with Gasteiger partial charge >= 0.3 is 6.18 Å². The van der Waals surface area contributed by atoms with Crippen molar-refractivity contribution >= 4 is 46.0 Å². The first kappa shape index (κ1) is 33.3. The van der Waals surface area contributed by atoms with Crippen LogP contribution in [0.5, 0.6) is 5.75 Å². The van der Waals surface area contributed by atoms with E-state index in [0.29, 0.717) is 17.0 Å². The van der Waals surface area contributed by atoms with Gasteiger partial charge in [0.1, 0.15) is 18.6 Å². The quantitative estimate of drug-likeness (QED) is 0.227. The molecule has 0 unspecified atom stereocenters. The maximum absolute atomic E-state index is 14.2. The van der Waals surface area contributed by atoms with Crippen molar-refractivity contribution < 1.29 is 27.9 Å². The fourth-order valence-corrected chi connectivity index (χ4v) is 5.88. The predicted molar refractivity (Wildman–Crippen MR) is 172 cm³/mol. The summed E-state index contributed by atoms with van der Waals surface area (Å²) in [6.45, 7) is 3.82. The van der Waals surface area contributed by atoms with Gasteiger partial charge in [-0.25, -0.2) is 19.9 Å². The van der Waals surface area contributed by atoms with Crippen molar-refractivity contribution in [2.24, 2.45) is 0 Å². The van der Waals surface area contributed by atoms with Gasteiger partial charge in [0.15, 0.2) is 22.6 Å². The molecule has 18 heteroatoms. The van der Waals surface area contributed by atoms with Gasteiger partial charge in [-0.15, -0.1) is 0 Å². The zero-order valence-electron chi connectivity index (χ0n) is 26.0. The van der Waals surface area contributed by atoms with E-state index in [0.717, 1.165) is 18.2 Å². The molecule has 0 radical (unpaired) electrons. The molecule has 14 nitrogen and oxygen atoms in total. The Kier molecular flexibility index (Phi) is 8.94. The molecule has 49 heavy (non-hydrogen) atoms. The first-order chi connectivity index (χ1) is 23.4. The van der Waals surface area contributed by atoms with Crippen molar-refractivity contribution in [3.05, 3.63) is 81.0 Å². The van der Waals surface area contributed by atoms with Crippen LogP contribution in [0.3, 0.4) is 0 Å². The number of pyridine rings is 1. The number of aromatic hydroxyl groups is 1. The summed E-state index contributed by atoms with van der Waals surface area (Å²) in [4.78, 5) is 61.1. The number of benzene rings is 1. The average Bonchev–Trinajstić information content (AvgIpc) is 3.62. The molecule has 0 atom stereocenters. The van der Waals surface area contributed by atoms with Crippen LogP contribution in [0.2, 0.25) is 5.02 Å². The third-order valence-electron chi connectivity index (χ3n) is 8.13. The number of amides is 2. The summed E-state index contributed by atoms with van der Waals surface area (Å²) in [7, 11) is 0. The molecular formula is C31H28ClF3N10O4. The zero-order chi connectivity index (χ0) is 35.0. The second kappa shape index (κ2) is 13.1. The molecule has 254 valence electrons. The molecule has 1 aliphatic rings. The highest BCUT2D eigenvalue weighted by Crippen LogP contribution is 2.34. The number of piperazine rings is 1. The van der Waals surface area contributed by atoms with E-state index in [4.69, 9.17) is 11.6 Å². The fraction of sp³-hybridized carbons (Fsp3) is 0.290. The average molecular weight is 697 g/mol. The molecular weight excluding hydrogens is 669 g/mol. The van der Waals surface area contributed by atoms with Gasteiger partial charge in [0.2, 0.25) is 11.3 Å². The summed E-state index contributed by atoms with van der Waals surface area (Å²) in [6, 6.07) is 2.60. The molecule has 1 fully saturated rings. The second-order valence-corrected chi connectivity index (χ2v) is 11.6. The summed E-state index contributed by atoms with van der Waals surface area (Å²) in [5.41, 5.74) is 0.477. The molecule has 2 amide bonds. The van der Waals surface area contributed by atoms with Crippen molar-refractivity contribution in [1.82, 2.24) is 39.6 Å². The van der Waals surface area contributed by atoms with Crippen LogP contribution in [-0.2, 0) is 23.9 Å². The lowest BCUT2D eigenvalue weighted by atomic mass is 10.1. The van der Waals surface area contributed by atoms with Crippen LogP contribution in [0.25, 0.3) is 22.4 Å². The molecule has 1 aromatic carbocycles. The third kappa shape index (κ3) is 6.48. The SMILES string of the molecule is CCc1c(N2CCN(C(=O)c3ncnc(C)c3O)CC2)c(=O)c2nc(-c3cn[nH]c3)cnc2n1CC(=O)Nc1ccc(C(F)(F)F)cc1Cl. The number of aromatic amines is 1. The highest BCUT2D eigenvalue weighted by molar-refractivity contribution is 6.33. The van der Waals surface area contributed by atoms with Crippen LogP contribution < -0.4 is 15.6 Å². The molecule has 3 N–H and O–H groups in total. The molecule has 0 bridgehead atoms. The van der Waals surface area contributed by atoms with Crippen molar-refractivity contribution in [1.29, 1.82) is 0 Å². The van der Waals surface area contributed by atoms with Crippen LogP contribution in [-0.4, -0.2) is 82.7 Å². The summed E-state index contributed by atoms with van der Waals surface area (Å²) >= 11 is 6.09. The molecule has 0 spiro atoms. The standard InChI is InChI=1S/C31H28ClF3N10O4/c1-3-22-26(43-6-8-44(9-7-43)30(49)25-27(47)16(2)37-15-38-25)28(48)24-29(36-13-21(42-24)17-11-39-40-12-17)45(22)14-23(46)41-20-5-4-18(10-19(20)32)31(33,34)35/h4-5,10-13,15,47H,3,6-9,14H2,1-2H3,(H,39,40)(H,41,46). The lowest BCUT2D eigenvalue weighted by Crippen LogP contribution is -2.50. The lowest BCUT2D eigenvalue weighted by Gasteiger charge is -2.37. The number of nitrogens with zero attached hydrogens (tertiary/aromatic N) is 8. The summed E-state index contributed by atoms with van der Waals surface area (Å²) < 4.78 is 41.0. The van der Waals surface area contributed by atoms with Gasteiger partial charge in [-0.2, -0.15) is 18.3 Å². The molecule has 1 aliphatic heterocycles. The van der Waals surface area contributed by atoms with E-state index in [2.05, 4.69) is 35.5 Å². The van der Waals surface area contributed by atoms with E-state index in [-0.39, 0.29) is 83.8 Å². The van der Waals surface area contributed by atoms with Gasteiger partial charge in [0.05, 0.1) is 40.1 Å². The first-order valence-corrected chi connectivity index (χ1v) is 15.4. The van der Waals surface area contributed by atoms with Crippen molar-refractivity contribution in [2.75, 3.05) is 36.4 Å². The largest absolute Gasteiger partial charge is 0.504 e. The number of hydrogen-bond acceptors (Lipinski definition) is 10. The van der Waals surface area contributed by atoms with Crippen molar-refractivity contribution in [2.45, 2.75) is 33.0 Å². The molecule has 0 saturated carbocycles. The number of rotatable bonds is 7. The van der Waals surface area contributed by atoms with E-state index in [1.807, 2.05) is 4.90 Å². The van der Waals surface area contributed by atoms with Gasteiger partial charge in [-0.1, -0.05) is 18.5 Å². The number of carbonyl (C=O) groups is 2. The van der Waals surface area contributed by atoms with Gasteiger partial charge in [0.25, 0.3) is 5.91 Å². The number of aromatic nitrogens is 7. The number of carbonyl (C=O) groups excluding carboxylic acids is 2. The Morgan fingerprint density at radius 2 is 1.86 bits per heavy atom. The van der Waals surface area contributed by atoms with E-state index < -0.39 is 29.0 Å². The number of H-pyrrole nitrogens is 1. The fourth-order valence-electron chi connectivity index (χ4n) is 5.65.